The van der Waals surface area contributed by atoms with Gasteiger partial charge in [-0.25, -0.2) is 0 Å². The number of hydrogen-bond donors (Lipinski definition) is 1. The zero-order valence-corrected chi connectivity index (χ0v) is 10.9. The minimum absolute atomic E-state index is 0.0678. The van der Waals surface area contributed by atoms with Crippen molar-refractivity contribution in [2.24, 2.45) is 0 Å². The quantitative estimate of drug-likeness (QED) is 0.902. The van der Waals surface area contributed by atoms with Gasteiger partial charge < -0.3 is 14.5 Å². The van der Waals surface area contributed by atoms with E-state index < -0.39 is 11.9 Å². The lowest BCUT2D eigenvalue weighted by molar-refractivity contribution is -0.136. The first kappa shape index (κ1) is 13.8. The molecule has 0 aliphatic rings. The number of para-hydroxylation sites is 1. The number of carbonyl (C=O) groups is 2. The van der Waals surface area contributed by atoms with Crippen molar-refractivity contribution >= 4 is 17.6 Å². The molecule has 0 radical (unpaired) electrons. The fourth-order valence-electron chi connectivity index (χ4n) is 1.78. The monoisotopic (exact) mass is 274 g/mol. The van der Waals surface area contributed by atoms with Crippen LogP contribution in [0.2, 0.25) is 0 Å². The number of carboxylic acid groups (broad SMARTS) is 1. The van der Waals surface area contributed by atoms with Gasteiger partial charge in [-0.05, 0) is 19.1 Å². The summed E-state index contributed by atoms with van der Waals surface area (Å²) in [5.74, 6) is -1.24. The molecule has 1 aromatic carbocycles. The van der Waals surface area contributed by atoms with Crippen LogP contribution >= 0.6 is 0 Å². The number of nitrogens with zero attached hydrogens (tertiary/aromatic N) is 2. The Morgan fingerprint density at radius 2 is 2.00 bits per heavy atom. The van der Waals surface area contributed by atoms with E-state index in [0.717, 1.165) is 0 Å². The second-order valence-corrected chi connectivity index (χ2v) is 4.27. The van der Waals surface area contributed by atoms with Crippen LogP contribution in [0.15, 0.2) is 41.1 Å². The summed E-state index contributed by atoms with van der Waals surface area (Å²) in [5, 5.41) is 12.4. The van der Waals surface area contributed by atoms with Gasteiger partial charge in [0.25, 0.3) is 5.91 Å². The third kappa shape index (κ3) is 3.03. The molecule has 0 atom stereocenters. The zero-order chi connectivity index (χ0) is 14.5. The van der Waals surface area contributed by atoms with Crippen LogP contribution in [-0.2, 0) is 4.79 Å². The molecule has 0 aliphatic carbocycles. The molecule has 0 bridgehead atoms. The van der Waals surface area contributed by atoms with Crippen LogP contribution in [0, 0.1) is 6.92 Å². The Morgan fingerprint density at radius 1 is 1.30 bits per heavy atom. The Bertz CT molecular complexity index is 607. The molecule has 0 spiro atoms. The molecule has 1 amide bonds. The van der Waals surface area contributed by atoms with Crippen molar-refractivity contribution in [1.82, 2.24) is 5.16 Å². The number of anilines is 1. The Balaban J connectivity index is 2.29. The fourth-order valence-corrected chi connectivity index (χ4v) is 1.78. The summed E-state index contributed by atoms with van der Waals surface area (Å²) in [4.78, 5) is 24.6. The summed E-state index contributed by atoms with van der Waals surface area (Å²) < 4.78 is 4.95. The van der Waals surface area contributed by atoms with E-state index in [1.54, 1.807) is 31.2 Å². The standard InChI is InChI=1S/C14H14N2O4/c1-10-9-15-20-13(10)14(19)16(8-7-12(17)18)11-5-3-2-4-6-11/h2-6,9H,7-8H2,1H3,(H,17,18). The fraction of sp³-hybridized carbons (Fsp3) is 0.214. The highest BCUT2D eigenvalue weighted by Crippen LogP contribution is 2.18. The average molecular weight is 274 g/mol. The van der Waals surface area contributed by atoms with Crippen LogP contribution in [0.1, 0.15) is 22.5 Å². The highest BCUT2D eigenvalue weighted by Gasteiger charge is 2.23. The highest BCUT2D eigenvalue weighted by atomic mass is 16.5. The maximum Gasteiger partial charge on any atom is 0.305 e. The van der Waals surface area contributed by atoms with Crippen molar-refractivity contribution in [1.29, 1.82) is 0 Å². The second kappa shape index (κ2) is 6.01. The van der Waals surface area contributed by atoms with Gasteiger partial charge in [0.15, 0.2) is 0 Å². The number of carbonyl (C=O) groups excluding carboxylic acids is 1. The Morgan fingerprint density at radius 3 is 2.55 bits per heavy atom. The third-order valence-electron chi connectivity index (χ3n) is 2.81. The van der Waals surface area contributed by atoms with Crippen molar-refractivity contribution in [3.8, 4) is 0 Å². The number of amides is 1. The number of hydrogen-bond acceptors (Lipinski definition) is 4. The van der Waals surface area contributed by atoms with Gasteiger partial charge in [0.1, 0.15) is 0 Å². The van der Waals surface area contributed by atoms with Crippen LogP contribution in [-0.4, -0.2) is 28.7 Å². The summed E-state index contributed by atoms with van der Waals surface area (Å²) >= 11 is 0. The lowest BCUT2D eigenvalue weighted by atomic mass is 10.2. The number of carboxylic acids is 1. The molecule has 0 saturated heterocycles. The first-order valence-corrected chi connectivity index (χ1v) is 6.09. The van der Waals surface area contributed by atoms with E-state index in [4.69, 9.17) is 9.63 Å². The van der Waals surface area contributed by atoms with E-state index in [1.165, 1.54) is 11.1 Å². The molecule has 1 heterocycles. The van der Waals surface area contributed by atoms with Crippen LogP contribution < -0.4 is 4.90 Å². The minimum Gasteiger partial charge on any atom is -0.481 e. The topological polar surface area (TPSA) is 83.6 Å². The molecule has 2 rings (SSSR count). The lowest BCUT2D eigenvalue weighted by Crippen LogP contribution is -2.33. The van der Waals surface area contributed by atoms with Crippen molar-refractivity contribution in [2.75, 3.05) is 11.4 Å². The first-order chi connectivity index (χ1) is 9.59. The molecule has 0 fully saturated rings. The summed E-state index contributed by atoms with van der Waals surface area (Å²) in [7, 11) is 0. The Hall–Kier alpha value is -2.63. The largest absolute Gasteiger partial charge is 0.481 e. The van der Waals surface area contributed by atoms with Gasteiger partial charge in [-0.3, -0.25) is 9.59 Å². The van der Waals surface area contributed by atoms with Crippen molar-refractivity contribution < 1.29 is 19.2 Å². The predicted molar refractivity (Wildman–Crippen MR) is 71.6 cm³/mol. The molecular weight excluding hydrogens is 260 g/mol. The average Bonchev–Trinajstić information content (AvgIpc) is 2.86. The van der Waals surface area contributed by atoms with Crippen molar-refractivity contribution in [2.45, 2.75) is 13.3 Å². The van der Waals surface area contributed by atoms with Crippen LogP contribution in [0.4, 0.5) is 5.69 Å². The van der Waals surface area contributed by atoms with E-state index in [9.17, 15) is 9.59 Å². The highest BCUT2D eigenvalue weighted by molar-refractivity contribution is 6.05. The molecule has 0 saturated carbocycles. The zero-order valence-electron chi connectivity index (χ0n) is 10.9. The molecule has 0 unspecified atom stereocenters. The number of aryl methyl sites for hydroxylation is 1. The summed E-state index contributed by atoms with van der Waals surface area (Å²) in [6.07, 6.45) is 1.31. The smallest absolute Gasteiger partial charge is 0.305 e. The number of aromatic nitrogens is 1. The molecular formula is C14H14N2O4. The van der Waals surface area contributed by atoms with E-state index in [0.29, 0.717) is 11.3 Å². The van der Waals surface area contributed by atoms with Crippen LogP contribution in [0.5, 0.6) is 0 Å². The summed E-state index contributed by atoms with van der Waals surface area (Å²) in [6.45, 7) is 1.78. The molecule has 1 N–H and O–H groups in total. The molecule has 20 heavy (non-hydrogen) atoms. The Labute approximate surface area is 115 Å². The predicted octanol–water partition coefficient (Wildman–Crippen LogP) is 2.10. The van der Waals surface area contributed by atoms with Gasteiger partial charge in [-0.15, -0.1) is 0 Å². The summed E-state index contributed by atoms with van der Waals surface area (Å²) in [5.41, 5.74) is 1.24. The van der Waals surface area contributed by atoms with Gasteiger partial charge in [0, 0.05) is 17.8 Å². The maximum absolute atomic E-state index is 12.4. The van der Waals surface area contributed by atoms with Gasteiger partial charge in [0.05, 0.1) is 12.6 Å². The first-order valence-electron chi connectivity index (χ1n) is 6.09. The van der Waals surface area contributed by atoms with Crippen molar-refractivity contribution in [3.63, 3.8) is 0 Å². The van der Waals surface area contributed by atoms with E-state index in [2.05, 4.69) is 5.16 Å². The second-order valence-electron chi connectivity index (χ2n) is 4.27. The van der Waals surface area contributed by atoms with Crippen LogP contribution in [0.3, 0.4) is 0 Å². The van der Waals surface area contributed by atoms with Gasteiger partial charge >= 0.3 is 5.97 Å². The molecule has 2 aromatic rings. The Kier molecular flexibility index (Phi) is 4.14. The lowest BCUT2D eigenvalue weighted by Gasteiger charge is -2.21. The van der Waals surface area contributed by atoms with Gasteiger partial charge in [-0.1, -0.05) is 23.4 Å². The molecule has 6 heteroatoms. The minimum atomic E-state index is -0.965. The van der Waals surface area contributed by atoms with E-state index >= 15 is 0 Å². The van der Waals surface area contributed by atoms with E-state index in [1.807, 2.05) is 6.07 Å². The molecule has 6 nitrogen and oxygen atoms in total. The maximum atomic E-state index is 12.4. The number of rotatable bonds is 5. The summed E-state index contributed by atoms with van der Waals surface area (Å²) in [6, 6.07) is 8.87. The molecule has 1 aromatic heterocycles. The number of benzene rings is 1. The van der Waals surface area contributed by atoms with Gasteiger partial charge in [0.2, 0.25) is 5.76 Å². The normalized spacial score (nSPS) is 10.2. The third-order valence-corrected chi connectivity index (χ3v) is 2.81. The van der Waals surface area contributed by atoms with Crippen LogP contribution in [0.25, 0.3) is 0 Å². The van der Waals surface area contributed by atoms with Crippen molar-refractivity contribution in [3.05, 3.63) is 47.9 Å². The number of aliphatic carboxylic acids is 1. The SMILES string of the molecule is Cc1cnoc1C(=O)N(CCC(=O)O)c1ccccc1. The molecule has 104 valence electrons. The van der Waals surface area contributed by atoms with Gasteiger partial charge in [-0.2, -0.15) is 0 Å². The van der Waals surface area contributed by atoms with E-state index in [-0.39, 0.29) is 18.7 Å². The molecule has 0 aliphatic heterocycles.